The summed E-state index contributed by atoms with van der Waals surface area (Å²) in [5.41, 5.74) is 0.274. The second kappa shape index (κ2) is 5.32. The average molecular weight is 243 g/mol. The van der Waals surface area contributed by atoms with E-state index >= 15 is 0 Å². The molecular weight excluding hydrogens is 228 g/mol. The summed E-state index contributed by atoms with van der Waals surface area (Å²) in [4.78, 5) is 11.2. The van der Waals surface area contributed by atoms with E-state index < -0.39 is 0 Å². The number of H-pyrrole nitrogens is 1. The molecule has 88 valence electrons. The van der Waals surface area contributed by atoms with E-state index in [2.05, 4.69) is 20.8 Å². The zero-order valence-corrected chi connectivity index (χ0v) is 9.68. The van der Waals surface area contributed by atoms with E-state index in [9.17, 15) is 4.79 Å². The topological polar surface area (TPSA) is 69.8 Å². The molecule has 0 bridgehead atoms. The fraction of sp³-hybridized carbons (Fsp3) is 0.600. The van der Waals surface area contributed by atoms with Crippen molar-refractivity contribution in [3.05, 3.63) is 21.6 Å². The lowest BCUT2D eigenvalue weighted by Crippen LogP contribution is -2.23. The van der Waals surface area contributed by atoms with Crippen LogP contribution in [0.1, 0.15) is 19.3 Å². The molecule has 0 radical (unpaired) electrons. The van der Waals surface area contributed by atoms with Gasteiger partial charge in [-0.3, -0.25) is 4.79 Å². The first-order chi connectivity index (χ1) is 7.77. The molecule has 1 unspecified atom stereocenters. The lowest BCUT2D eigenvalue weighted by molar-refractivity contribution is 0.637. The zero-order chi connectivity index (χ0) is 11.4. The molecule has 1 atom stereocenters. The summed E-state index contributed by atoms with van der Waals surface area (Å²) in [5, 5.41) is 12.8. The summed E-state index contributed by atoms with van der Waals surface area (Å²) in [5.74, 6) is 0. The van der Waals surface area contributed by atoms with Crippen LogP contribution in [0.15, 0.2) is 11.0 Å². The Hall–Kier alpha value is -1.07. The largest absolute Gasteiger partial charge is 0.380 e. The average Bonchev–Trinajstić information content (AvgIpc) is 2.53. The standard InChI is InChI=1S/C10H15ClN4O/c11-9-8(6-13-15-10(9)16)14-7-2-1-4-12-5-3-7/h6-7,12H,1-5H2,(H2,14,15,16). The summed E-state index contributed by atoms with van der Waals surface area (Å²) in [6, 6.07) is 0.357. The third-order valence-electron chi connectivity index (χ3n) is 2.73. The number of rotatable bonds is 2. The molecule has 1 saturated heterocycles. The Bertz CT molecular complexity index is 398. The number of nitrogens with zero attached hydrogens (tertiary/aromatic N) is 1. The van der Waals surface area contributed by atoms with Crippen LogP contribution in [0.5, 0.6) is 0 Å². The molecule has 0 aliphatic carbocycles. The predicted molar refractivity (Wildman–Crippen MR) is 64.0 cm³/mol. The maximum Gasteiger partial charge on any atom is 0.285 e. The molecule has 1 aliphatic rings. The van der Waals surface area contributed by atoms with Crippen molar-refractivity contribution in [2.45, 2.75) is 25.3 Å². The SMILES string of the molecule is O=c1[nH]ncc(NC2CCCNCC2)c1Cl. The van der Waals surface area contributed by atoms with Crippen molar-refractivity contribution in [2.75, 3.05) is 18.4 Å². The molecule has 3 N–H and O–H groups in total. The minimum absolute atomic E-state index is 0.187. The molecule has 0 aromatic carbocycles. The number of halogens is 1. The first-order valence-electron chi connectivity index (χ1n) is 5.48. The maximum atomic E-state index is 11.2. The second-order valence-corrected chi connectivity index (χ2v) is 4.33. The molecule has 1 aromatic heterocycles. The van der Waals surface area contributed by atoms with Crippen LogP contribution >= 0.6 is 11.6 Å². The predicted octanol–water partition coefficient (Wildman–Crippen LogP) is 0.977. The van der Waals surface area contributed by atoms with Crippen molar-refractivity contribution in [2.24, 2.45) is 0 Å². The van der Waals surface area contributed by atoms with Crippen molar-refractivity contribution in [1.29, 1.82) is 0 Å². The number of hydrogen-bond acceptors (Lipinski definition) is 4. The van der Waals surface area contributed by atoms with Crippen LogP contribution < -0.4 is 16.2 Å². The summed E-state index contributed by atoms with van der Waals surface area (Å²) >= 11 is 5.89. The number of anilines is 1. The summed E-state index contributed by atoms with van der Waals surface area (Å²) < 4.78 is 0. The van der Waals surface area contributed by atoms with Gasteiger partial charge in [-0.1, -0.05) is 11.6 Å². The second-order valence-electron chi connectivity index (χ2n) is 3.95. The van der Waals surface area contributed by atoms with Gasteiger partial charge in [-0.2, -0.15) is 5.10 Å². The summed E-state index contributed by atoms with van der Waals surface area (Å²) in [6.45, 7) is 2.05. The molecule has 0 spiro atoms. The number of aromatic amines is 1. The van der Waals surface area contributed by atoms with Gasteiger partial charge in [0, 0.05) is 6.04 Å². The van der Waals surface area contributed by atoms with Crippen LogP contribution in [0.25, 0.3) is 0 Å². The van der Waals surface area contributed by atoms with Crippen LogP contribution in [0.3, 0.4) is 0 Å². The Kier molecular flexibility index (Phi) is 3.79. The van der Waals surface area contributed by atoms with E-state index in [1.807, 2.05) is 0 Å². The quantitative estimate of drug-likeness (QED) is 0.723. The fourth-order valence-electron chi connectivity index (χ4n) is 1.87. The molecule has 1 aliphatic heterocycles. The van der Waals surface area contributed by atoms with Crippen LogP contribution in [-0.2, 0) is 0 Å². The molecule has 6 heteroatoms. The van der Waals surface area contributed by atoms with Gasteiger partial charge in [-0.15, -0.1) is 0 Å². The normalized spacial score (nSPS) is 21.4. The van der Waals surface area contributed by atoms with Gasteiger partial charge >= 0.3 is 0 Å². The van der Waals surface area contributed by atoms with Crippen LogP contribution in [0.2, 0.25) is 5.02 Å². The lowest BCUT2D eigenvalue weighted by Gasteiger charge is -2.17. The monoisotopic (exact) mass is 242 g/mol. The van der Waals surface area contributed by atoms with Crippen molar-refractivity contribution >= 4 is 17.3 Å². The summed E-state index contributed by atoms with van der Waals surface area (Å²) in [7, 11) is 0. The highest BCUT2D eigenvalue weighted by Crippen LogP contribution is 2.18. The van der Waals surface area contributed by atoms with Crippen LogP contribution in [0.4, 0.5) is 5.69 Å². The van der Waals surface area contributed by atoms with Gasteiger partial charge in [0.15, 0.2) is 0 Å². The van der Waals surface area contributed by atoms with Crippen LogP contribution in [0, 0.1) is 0 Å². The Labute approximate surface area is 98.6 Å². The summed E-state index contributed by atoms with van der Waals surface area (Å²) in [6.07, 6.45) is 4.80. The van der Waals surface area contributed by atoms with Crippen molar-refractivity contribution in [1.82, 2.24) is 15.5 Å². The minimum atomic E-state index is -0.349. The Morgan fingerprint density at radius 2 is 2.31 bits per heavy atom. The van der Waals surface area contributed by atoms with E-state index in [1.54, 1.807) is 6.20 Å². The molecule has 1 fully saturated rings. The first kappa shape index (κ1) is 11.4. The first-order valence-corrected chi connectivity index (χ1v) is 5.85. The lowest BCUT2D eigenvalue weighted by atomic mass is 10.1. The Morgan fingerprint density at radius 3 is 3.19 bits per heavy atom. The molecule has 0 saturated carbocycles. The van der Waals surface area contributed by atoms with Gasteiger partial charge < -0.3 is 10.6 Å². The number of hydrogen-bond donors (Lipinski definition) is 3. The zero-order valence-electron chi connectivity index (χ0n) is 8.92. The molecular formula is C10H15ClN4O. The van der Waals surface area contributed by atoms with Gasteiger partial charge in [-0.05, 0) is 32.4 Å². The minimum Gasteiger partial charge on any atom is -0.380 e. The van der Waals surface area contributed by atoms with Crippen molar-refractivity contribution < 1.29 is 0 Å². The Balaban J connectivity index is 2.07. The van der Waals surface area contributed by atoms with Gasteiger partial charge in [0.2, 0.25) is 0 Å². The van der Waals surface area contributed by atoms with E-state index in [4.69, 9.17) is 11.6 Å². The highest BCUT2D eigenvalue weighted by molar-refractivity contribution is 6.32. The highest BCUT2D eigenvalue weighted by Gasteiger charge is 2.14. The fourth-order valence-corrected chi connectivity index (χ4v) is 2.01. The van der Waals surface area contributed by atoms with E-state index in [0.29, 0.717) is 11.7 Å². The molecule has 1 aromatic rings. The maximum absolute atomic E-state index is 11.2. The van der Waals surface area contributed by atoms with Crippen molar-refractivity contribution in [3.63, 3.8) is 0 Å². The van der Waals surface area contributed by atoms with E-state index in [0.717, 1.165) is 32.4 Å². The Morgan fingerprint density at radius 1 is 1.44 bits per heavy atom. The molecule has 0 amide bonds. The van der Waals surface area contributed by atoms with E-state index in [-0.39, 0.29) is 10.6 Å². The highest BCUT2D eigenvalue weighted by atomic mass is 35.5. The van der Waals surface area contributed by atoms with Gasteiger partial charge in [0.25, 0.3) is 5.56 Å². The van der Waals surface area contributed by atoms with Crippen molar-refractivity contribution in [3.8, 4) is 0 Å². The number of aromatic nitrogens is 2. The third-order valence-corrected chi connectivity index (χ3v) is 3.11. The van der Waals surface area contributed by atoms with Crippen LogP contribution in [-0.4, -0.2) is 29.3 Å². The van der Waals surface area contributed by atoms with Gasteiger partial charge in [-0.25, -0.2) is 5.10 Å². The smallest absolute Gasteiger partial charge is 0.285 e. The molecule has 5 nitrogen and oxygen atoms in total. The van der Waals surface area contributed by atoms with E-state index in [1.165, 1.54) is 0 Å². The van der Waals surface area contributed by atoms with Gasteiger partial charge in [0.1, 0.15) is 5.02 Å². The molecule has 2 rings (SSSR count). The number of nitrogens with one attached hydrogen (secondary N) is 3. The third kappa shape index (κ3) is 2.74. The molecule has 2 heterocycles. The molecule has 16 heavy (non-hydrogen) atoms. The van der Waals surface area contributed by atoms with Gasteiger partial charge in [0.05, 0.1) is 11.9 Å².